The van der Waals surface area contributed by atoms with Crippen molar-refractivity contribution in [2.75, 3.05) is 7.05 Å². The lowest BCUT2D eigenvalue weighted by atomic mass is 10.1. The molecule has 0 atom stereocenters. The molecule has 8 heteroatoms. The summed E-state index contributed by atoms with van der Waals surface area (Å²) in [5, 5.41) is 13.3. The Hall–Kier alpha value is -3.55. The first-order valence-electron chi connectivity index (χ1n) is 7.38. The Morgan fingerprint density at radius 3 is 2.52 bits per heavy atom. The van der Waals surface area contributed by atoms with Crippen LogP contribution in [0, 0.1) is 10.1 Å². The van der Waals surface area contributed by atoms with Crippen LogP contribution in [0.3, 0.4) is 0 Å². The van der Waals surface area contributed by atoms with Crippen LogP contribution >= 0.6 is 0 Å². The standard InChI is InChI=1S/C17H13N3O5/c1-18-15(21)11-4-2-3-10(7-11)9-19-16(22)13-6-5-12(20(24)25)8-14(13)17(19)23/h2-8H,9H2,1H3,(H,18,21). The third kappa shape index (κ3) is 2.85. The van der Waals surface area contributed by atoms with Gasteiger partial charge in [0.2, 0.25) is 0 Å². The molecule has 0 aromatic heterocycles. The summed E-state index contributed by atoms with van der Waals surface area (Å²) in [5.41, 5.74) is 0.917. The first kappa shape index (κ1) is 16.3. The molecule has 1 aliphatic heterocycles. The number of nitrogens with zero attached hydrogens (tertiary/aromatic N) is 2. The number of hydrogen-bond donors (Lipinski definition) is 1. The number of amides is 3. The molecule has 1 aliphatic rings. The summed E-state index contributed by atoms with van der Waals surface area (Å²) in [6, 6.07) is 10.1. The highest BCUT2D eigenvalue weighted by molar-refractivity contribution is 6.21. The maximum atomic E-state index is 12.5. The van der Waals surface area contributed by atoms with Crippen molar-refractivity contribution in [3.63, 3.8) is 0 Å². The predicted octanol–water partition coefficient (Wildman–Crippen LogP) is 1.75. The Balaban J connectivity index is 1.90. The second-order valence-electron chi connectivity index (χ2n) is 5.46. The topological polar surface area (TPSA) is 110 Å². The zero-order valence-corrected chi connectivity index (χ0v) is 13.2. The van der Waals surface area contributed by atoms with Crippen molar-refractivity contribution >= 4 is 23.4 Å². The van der Waals surface area contributed by atoms with Crippen LogP contribution in [0.2, 0.25) is 0 Å². The molecule has 8 nitrogen and oxygen atoms in total. The van der Waals surface area contributed by atoms with Crippen LogP contribution in [0.15, 0.2) is 42.5 Å². The molecular formula is C17H13N3O5. The molecule has 0 radical (unpaired) electrons. The van der Waals surface area contributed by atoms with Crippen LogP contribution in [-0.4, -0.2) is 34.6 Å². The molecule has 0 bridgehead atoms. The van der Waals surface area contributed by atoms with E-state index in [9.17, 15) is 24.5 Å². The van der Waals surface area contributed by atoms with Gasteiger partial charge in [-0.25, -0.2) is 0 Å². The Morgan fingerprint density at radius 2 is 1.84 bits per heavy atom. The molecule has 2 aromatic rings. The number of nitro groups is 1. The zero-order chi connectivity index (χ0) is 18.1. The Labute approximate surface area is 142 Å². The fourth-order valence-corrected chi connectivity index (χ4v) is 2.67. The first-order valence-corrected chi connectivity index (χ1v) is 7.38. The largest absolute Gasteiger partial charge is 0.355 e. The van der Waals surface area contributed by atoms with Gasteiger partial charge < -0.3 is 5.32 Å². The number of carbonyl (C=O) groups is 3. The van der Waals surface area contributed by atoms with Gasteiger partial charge in [-0.15, -0.1) is 0 Å². The summed E-state index contributed by atoms with van der Waals surface area (Å²) in [7, 11) is 1.51. The minimum Gasteiger partial charge on any atom is -0.355 e. The van der Waals surface area contributed by atoms with Gasteiger partial charge in [-0.2, -0.15) is 0 Å². The second-order valence-corrected chi connectivity index (χ2v) is 5.46. The molecule has 3 amide bonds. The van der Waals surface area contributed by atoms with Crippen molar-refractivity contribution in [1.82, 2.24) is 10.2 Å². The summed E-state index contributed by atoms with van der Waals surface area (Å²) in [4.78, 5) is 47.8. The van der Waals surface area contributed by atoms with Gasteiger partial charge in [-0.3, -0.25) is 29.4 Å². The van der Waals surface area contributed by atoms with E-state index in [2.05, 4.69) is 5.32 Å². The molecule has 0 fully saturated rings. The summed E-state index contributed by atoms with van der Waals surface area (Å²) in [6.07, 6.45) is 0. The average molecular weight is 339 g/mol. The molecule has 0 unspecified atom stereocenters. The Kier molecular flexibility index (Phi) is 4.02. The van der Waals surface area contributed by atoms with E-state index in [-0.39, 0.29) is 29.3 Å². The van der Waals surface area contributed by atoms with E-state index in [0.717, 1.165) is 11.0 Å². The van der Waals surface area contributed by atoms with Gasteiger partial charge in [0.25, 0.3) is 23.4 Å². The fourth-order valence-electron chi connectivity index (χ4n) is 2.67. The second kappa shape index (κ2) is 6.16. The summed E-state index contributed by atoms with van der Waals surface area (Å²) in [6.45, 7) is -0.0228. The minimum atomic E-state index is -0.618. The molecular weight excluding hydrogens is 326 g/mol. The van der Waals surface area contributed by atoms with Crippen molar-refractivity contribution in [3.8, 4) is 0 Å². The Bertz CT molecular complexity index is 922. The molecule has 1 heterocycles. The number of imide groups is 1. The van der Waals surface area contributed by atoms with E-state index >= 15 is 0 Å². The molecule has 0 saturated heterocycles. The van der Waals surface area contributed by atoms with Crippen molar-refractivity contribution < 1.29 is 19.3 Å². The third-order valence-electron chi connectivity index (χ3n) is 3.92. The zero-order valence-electron chi connectivity index (χ0n) is 13.2. The van der Waals surface area contributed by atoms with E-state index in [0.29, 0.717) is 11.1 Å². The van der Waals surface area contributed by atoms with E-state index in [1.165, 1.54) is 19.2 Å². The molecule has 0 saturated carbocycles. The third-order valence-corrected chi connectivity index (χ3v) is 3.92. The molecule has 126 valence electrons. The van der Waals surface area contributed by atoms with Gasteiger partial charge >= 0.3 is 0 Å². The smallest absolute Gasteiger partial charge is 0.270 e. The highest BCUT2D eigenvalue weighted by atomic mass is 16.6. The van der Waals surface area contributed by atoms with Crippen LogP contribution in [0.25, 0.3) is 0 Å². The lowest BCUT2D eigenvalue weighted by Gasteiger charge is -2.14. The van der Waals surface area contributed by atoms with Crippen molar-refractivity contribution in [3.05, 3.63) is 74.8 Å². The number of nitro benzene ring substituents is 1. The monoisotopic (exact) mass is 339 g/mol. The van der Waals surface area contributed by atoms with Gasteiger partial charge in [0.1, 0.15) is 0 Å². The normalized spacial score (nSPS) is 12.9. The maximum Gasteiger partial charge on any atom is 0.270 e. The van der Waals surface area contributed by atoms with Crippen molar-refractivity contribution in [2.24, 2.45) is 0 Å². The number of rotatable bonds is 4. The number of hydrogen-bond acceptors (Lipinski definition) is 5. The first-order chi connectivity index (χ1) is 11.9. The summed E-state index contributed by atoms with van der Waals surface area (Å²) >= 11 is 0. The molecule has 0 spiro atoms. The molecule has 0 aliphatic carbocycles. The van der Waals surface area contributed by atoms with Crippen LogP contribution < -0.4 is 5.32 Å². The number of carbonyl (C=O) groups excluding carboxylic acids is 3. The van der Waals surface area contributed by atoms with Crippen LogP contribution in [-0.2, 0) is 6.54 Å². The van der Waals surface area contributed by atoms with E-state index < -0.39 is 16.7 Å². The van der Waals surface area contributed by atoms with Crippen LogP contribution in [0.4, 0.5) is 5.69 Å². The molecule has 2 aromatic carbocycles. The highest BCUT2D eigenvalue weighted by Gasteiger charge is 2.36. The number of benzene rings is 2. The van der Waals surface area contributed by atoms with Gasteiger partial charge in [0, 0.05) is 24.7 Å². The van der Waals surface area contributed by atoms with Crippen LogP contribution in [0.5, 0.6) is 0 Å². The molecule has 25 heavy (non-hydrogen) atoms. The maximum absolute atomic E-state index is 12.5. The van der Waals surface area contributed by atoms with Crippen LogP contribution in [0.1, 0.15) is 36.6 Å². The number of fused-ring (bicyclic) bond motifs is 1. The minimum absolute atomic E-state index is 0.0154. The van der Waals surface area contributed by atoms with Gasteiger partial charge in [0.05, 0.1) is 22.6 Å². The van der Waals surface area contributed by atoms with E-state index in [1.807, 2.05) is 0 Å². The van der Waals surface area contributed by atoms with Gasteiger partial charge in [-0.1, -0.05) is 12.1 Å². The van der Waals surface area contributed by atoms with Gasteiger partial charge in [0.15, 0.2) is 0 Å². The van der Waals surface area contributed by atoms with E-state index in [4.69, 9.17) is 0 Å². The average Bonchev–Trinajstić information content (AvgIpc) is 2.85. The SMILES string of the molecule is CNC(=O)c1cccc(CN2C(=O)c3ccc([N+](=O)[O-])cc3C2=O)c1. The highest BCUT2D eigenvalue weighted by Crippen LogP contribution is 2.28. The predicted molar refractivity (Wildman–Crippen MR) is 87.1 cm³/mol. The quantitative estimate of drug-likeness (QED) is 0.518. The lowest BCUT2D eigenvalue weighted by Crippen LogP contribution is -2.29. The number of nitrogens with one attached hydrogen (secondary N) is 1. The fraction of sp³-hybridized carbons (Fsp3) is 0.118. The molecule has 1 N–H and O–H groups in total. The summed E-state index contributed by atoms with van der Waals surface area (Å²) < 4.78 is 0. The number of non-ortho nitro benzene ring substituents is 1. The summed E-state index contributed by atoms with van der Waals surface area (Å²) in [5.74, 6) is -1.38. The van der Waals surface area contributed by atoms with Crippen molar-refractivity contribution in [1.29, 1.82) is 0 Å². The Morgan fingerprint density at radius 1 is 1.12 bits per heavy atom. The van der Waals surface area contributed by atoms with E-state index in [1.54, 1.807) is 24.3 Å². The van der Waals surface area contributed by atoms with Crippen molar-refractivity contribution in [2.45, 2.75) is 6.54 Å². The van der Waals surface area contributed by atoms with Gasteiger partial charge in [-0.05, 0) is 23.8 Å². The lowest BCUT2D eigenvalue weighted by molar-refractivity contribution is -0.384. The molecule has 3 rings (SSSR count).